The Balaban J connectivity index is 2.31. The van der Waals surface area contributed by atoms with E-state index >= 15 is 0 Å². The van der Waals surface area contributed by atoms with Crippen LogP contribution in [0.25, 0.3) is 11.3 Å². The van der Waals surface area contributed by atoms with Gasteiger partial charge in [0.05, 0.1) is 0 Å². The van der Waals surface area contributed by atoms with E-state index in [1.807, 2.05) is 0 Å². The van der Waals surface area contributed by atoms with E-state index in [-0.39, 0.29) is 0 Å². The summed E-state index contributed by atoms with van der Waals surface area (Å²) in [5.74, 6) is 0. The summed E-state index contributed by atoms with van der Waals surface area (Å²) >= 11 is -0.766. The van der Waals surface area contributed by atoms with E-state index in [0.29, 0.717) is 3.43 Å². The molecule has 0 amide bonds. The van der Waals surface area contributed by atoms with E-state index in [9.17, 15) is 0 Å². The fourth-order valence-electron chi connectivity index (χ4n) is 3.87. The van der Waals surface area contributed by atoms with Crippen molar-refractivity contribution in [3.05, 3.63) is 48.0 Å². The molecular weight excluding hydrogens is 433 g/mol. The Kier molecular flexibility index (Phi) is 9.89. The Hall–Kier alpha value is -0.831. The molecule has 146 valence electrons. The van der Waals surface area contributed by atoms with Gasteiger partial charge in [0.15, 0.2) is 0 Å². The van der Waals surface area contributed by atoms with Gasteiger partial charge in [0.1, 0.15) is 0 Å². The molecule has 2 radical (unpaired) electrons. The Bertz CT molecular complexity index is 644. The molecule has 2 rings (SSSR count). The molecule has 1 aromatic carbocycles. The third kappa shape index (κ3) is 6.93. The molecule has 0 aliphatic rings. The summed E-state index contributed by atoms with van der Waals surface area (Å²) in [5, 5.41) is 0. The summed E-state index contributed by atoms with van der Waals surface area (Å²) in [6.07, 6.45) is 12.4. The predicted octanol–water partition coefficient (Wildman–Crippen LogP) is 7.12. The molecule has 2 heteroatoms. The third-order valence-electron chi connectivity index (χ3n) is 5.56. The molecule has 0 aliphatic carbocycles. The van der Waals surface area contributed by atoms with Gasteiger partial charge in [0, 0.05) is 0 Å². The molecule has 1 heterocycles. The molecule has 2 aromatic rings. The number of aryl methyl sites for hydroxylation is 1. The Morgan fingerprint density at radius 2 is 1.33 bits per heavy atom. The van der Waals surface area contributed by atoms with Crippen LogP contribution in [-0.4, -0.2) is 26.1 Å². The molecule has 0 aliphatic heterocycles. The number of pyridine rings is 1. The molecule has 1 nitrogen and oxygen atoms in total. The van der Waals surface area contributed by atoms with E-state index in [1.54, 1.807) is 0 Å². The second-order valence-corrected chi connectivity index (χ2v) is 13.1. The maximum atomic E-state index is 5.23. The van der Waals surface area contributed by atoms with E-state index in [4.69, 9.17) is 4.98 Å². The van der Waals surface area contributed by atoms with Crippen molar-refractivity contribution in [2.45, 2.75) is 88.9 Å². The summed E-state index contributed by atoms with van der Waals surface area (Å²) in [4.78, 5) is 5.23. The normalized spacial score (nSPS) is 11.7. The number of hydrogen-bond donors (Lipinski definition) is 0. The molecule has 0 bridgehead atoms. The van der Waals surface area contributed by atoms with Gasteiger partial charge in [-0.25, -0.2) is 0 Å². The Morgan fingerprint density at radius 1 is 0.778 bits per heavy atom. The number of unbranched alkanes of at least 4 members (excludes halogenated alkanes) is 3. The molecule has 0 saturated carbocycles. The first-order valence-electron chi connectivity index (χ1n) is 11.0. The number of nitrogens with zero attached hydrogens (tertiary/aromatic N) is 1. The van der Waals surface area contributed by atoms with Crippen molar-refractivity contribution < 1.29 is 0 Å². The molecule has 0 saturated heterocycles. The van der Waals surface area contributed by atoms with Crippen LogP contribution in [0.1, 0.15) is 84.1 Å². The summed E-state index contributed by atoms with van der Waals surface area (Å²) in [5.41, 5.74) is 3.76. The molecule has 0 N–H and O–H groups in total. The van der Waals surface area contributed by atoms with E-state index in [0.717, 1.165) is 0 Å². The van der Waals surface area contributed by atoms with Crippen LogP contribution in [0.15, 0.2) is 42.5 Å². The zero-order chi connectivity index (χ0) is 19.5. The summed E-state index contributed by atoms with van der Waals surface area (Å²) in [7, 11) is 0. The van der Waals surface area contributed by atoms with Crippen LogP contribution in [0.5, 0.6) is 0 Å². The van der Waals surface area contributed by atoms with Gasteiger partial charge < -0.3 is 0 Å². The second-order valence-electron chi connectivity index (χ2n) is 7.94. The van der Waals surface area contributed by atoms with Crippen LogP contribution < -0.4 is 3.71 Å². The van der Waals surface area contributed by atoms with Crippen LogP contribution in [0, 0.1) is 6.92 Å². The van der Waals surface area contributed by atoms with Crippen LogP contribution in [-0.2, 0) is 0 Å². The van der Waals surface area contributed by atoms with Gasteiger partial charge in [-0.15, -0.1) is 0 Å². The van der Waals surface area contributed by atoms with Crippen molar-refractivity contribution in [3.8, 4) is 11.3 Å². The predicted molar refractivity (Wildman–Crippen MR) is 121 cm³/mol. The van der Waals surface area contributed by atoms with E-state index < -0.39 is 21.1 Å². The van der Waals surface area contributed by atoms with Crippen molar-refractivity contribution in [1.82, 2.24) is 4.98 Å². The fourth-order valence-corrected chi connectivity index (χ4v) is 8.96. The van der Waals surface area contributed by atoms with Crippen LogP contribution in [0.2, 0.25) is 3.43 Å². The maximum absolute atomic E-state index is 5.23. The van der Waals surface area contributed by atoms with Gasteiger partial charge in [0.25, 0.3) is 0 Å². The molecule has 27 heavy (non-hydrogen) atoms. The summed E-state index contributed by atoms with van der Waals surface area (Å²) < 4.78 is 2.05. The minimum atomic E-state index is -0.766. The summed E-state index contributed by atoms with van der Waals surface area (Å²) in [6, 6.07) is 15.4. The Morgan fingerprint density at radius 3 is 1.85 bits per heavy atom. The molecular formula is C25H37NSn. The molecule has 0 unspecified atom stereocenters. The SMILES string of the molecule is CCCC[C](CCCC)(CCCC)[Sn][c]1ccc(C)c(-c2ccccc2)n1. The van der Waals surface area contributed by atoms with Gasteiger partial charge >= 0.3 is 178 Å². The zero-order valence-corrected chi connectivity index (χ0v) is 20.7. The van der Waals surface area contributed by atoms with Gasteiger partial charge in [-0.3, -0.25) is 0 Å². The first kappa shape index (κ1) is 22.5. The van der Waals surface area contributed by atoms with Gasteiger partial charge in [-0.05, 0) is 0 Å². The van der Waals surface area contributed by atoms with Gasteiger partial charge in [0.2, 0.25) is 0 Å². The van der Waals surface area contributed by atoms with Crippen molar-refractivity contribution in [3.63, 3.8) is 0 Å². The topological polar surface area (TPSA) is 12.9 Å². The molecule has 0 spiro atoms. The second kappa shape index (κ2) is 11.9. The molecule has 1 aromatic heterocycles. The van der Waals surface area contributed by atoms with Crippen LogP contribution in [0.4, 0.5) is 0 Å². The van der Waals surface area contributed by atoms with Crippen molar-refractivity contribution in [1.29, 1.82) is 0 Å². The number of hydrogen-bond acceptors (Lipinski definition) is 1. The standard InChI is InChI=1S/C13H27.C12H10N.Sn/c1-4-7-10-13(11-8-5-2)12-9-6-3;1-10-6-5-9-13-12(10)11-7-3-2-4-8-11;/h4-12H2,1-3H3;2-8H,1H3;. The van der Waals surface area contributed by atoms with E-state index in [1.165, 1.54) is 78.3 Å². The van der Waals surface area contributed by atoms with E-state index in [2.05, 4.69) is 70.2 Å². The first-order valence-corrected chi connectivity index (χ1v) is 13.8. The molecule has 0 atom stereocenters. The van der Waals surface area contributed by atoms with Crippen molar-refractivity contribution in [2.75, 3.05) is 0 Å². The average molecular weight is 470 g/mol. The first-order chi connectivity index (χ1) is 13.1. The third-order valence-corrected chi connectivity index (χ3v) is 10.7. The molecule has 0 fully saturated rings. The number of benzene rings is 1. The van der Waals surface area contributed by atoms with Crippen LogP contribution in [0.3, 0.4) is 0 Å². The van der Waals surface area contributed by atoms with Crippen LogP contribution >= 0.6 is 0 Å². The van der Waals surface area contributed by atoms with Crippen molar-refractivity contribution in [2.24, 2.45) is 0 Å². The van der Waals surface area contributed by atoms with Gasteiger partial charge in [-0.1, -0.05) is 0 Å². The zero-order valence-electron chi connectivity index (χ0n) is 17.9. The van der Waals surface area contributed by atoms with Crippen molar-refractivity contribution >= 4 is 24.9 Å². The summed E-state index contributed by atoms with van der Waals surface area (Å²) in [6.45, 7) is 9.22. The average Bonchev–Trinajstić information content (AvgIpc) is 2.71. The quantitative estimate of drug-likeness (QED) is 0.301. The van der Waals surface area contributed by atoms with Gasteiger partial charge in [-0.2, -0.15) is 0 Å². The number of aromatic nitrogens is 1. The minimum absolute atomic E-state index is 0.599. The fraction of sp³-hybridized carbons (Fsp3) is 0.560. The Labute approximate surface area is 177 Å². The monoisotopic (exact) mass is 471 g/mol. The number of rotatable bonds is 12.